The van der Waals surface area contributed by atoms with Crippen LogP contribution >= 0.6 is 11.8 Å². The number of benzene rings is 1. The van der Waals surface area contributed by atoms with Gasteiger partial charge in [-0.05, 0) is 36.8 Å². The molecule has 0 saturated heterocycles. The molecular formula is C18H21N5S. The van der Waals surface area contributed by atoms with Crippen molar-refractivity contribution in [1.29, 1.82) is 0 Å². The van der Waals surface area contributed by atoms with Gasteiger partial charge < -0.3 is 4.90 Å². The lowest BCUT2D eigenvalue weighted by molar-refractivity contribution is 0.599. The zero-order valence-electron chi connectivity index (χ0n) is 13.8. The molecule has 1 aromatic carbocycles. The van der Waals surface area contributed by atoms with Gasteiger partial charge in [-0.25, -0.2) is 9.97 Å². The van der Waals surface area contributed by atoms with Crippen molar-refractivity contribution in [2.45, 2.75) is 43.2 Å². The summed E-state index contributed by atoms with van der Waals surface area (Å²) in [5, 5.41) is 8.11. The van der Waals surface area contributed by atoms with E-state index >= 15 is 0 Å². The van der Waals surface area contributed by atoms with Gasteiger partial charge in [0.05, 0.1) is 11.6 Å². The van der Waals surface area contributed by atoms with E-state index in [0.29, 0.717) is 6.04 Å². The largest absolute Gasteiger partial charge is 0.349 e. The normalized spacial score (nSPS) is 15.2. The molecule has 24 heavy (non-hydrogen) atoms. The number of anilines is 1. The van der Waals surface area contributed by atoms with Crippen LogP contribution < -0.4 is 4.90 Å². The first-order valence-corrected chi connectivity index (χ1v) is 9.61. The molecule has 2 aromatic heterocycles. The molecule has 1 saturated carbocycles. The number of thioether (sulfide) groups is 1. The minimum atomic E-state index is 0.538. The monoisotopic (exact) mass is 339 g/mol. The van der Waals surface area contributed by atoms with E-state index in [0.717, 1.165) is 23.4 Å². The second-order valence-corrected chi connectivity index (χ2v) is 7.13. The Kier molecular flexibility index (Phi) is 4.38. The predicted molar refractivity (Wildman–Crippen MR) is 98.3 cm³/mol. The van der Waals surface area contributed by atoms with Crippen LogP contribution in [0.5, 0.6) is 0 Å². The summed E-state index contributed by atoms with van der Waals surface area (Å²) in [6.45, 7) is 0.871. The smallest absolute Gasteiger partial charge is 0.160 e. The van der Waals surface area contributed by atoms with Gasteiger partial charge in [0.15, 0.2) is 5.65 Å². The number of H-pyrrole nitrogens is 1. The van der Waals surface area contributed by atoms with Gasteiger partial charge in [0.1, 0.15) is 12.1 Å². The highest BCUT2D eigenvalue weighted by Crippen LogP contribution is 2.32. The van der Waals surface area contributed by atoms with Crippen LogP contribution in [-0.2, 0) is 6.54 Å². The second kappa shape index (κ2) is 6.81. The summed E-state index contributed by atoms with van der Waals surface area (Å²) in [6.07, 6.45) is 10.6. The van der Waals surface area contributed by atoms with E-state index in [2.05, 4.69) is 55.6 Å². The van der Waals surface area contributed by atoms with Crippen LogP contribution in [0, 0.1) is 0 Å². The van der Waals surface area contributed by atoms with E-state index in [1.165, 1.54) is 36.1 Å². The van der Waals surface area contributed by atoms with Crippen LogP contribution in [0.1, 0.15) is 31.2 Å². The summed E-state index contributed by atoms with van der Waals surface area (Å²) in [5.41, 5.74) is 2.13. The van der Waals surface area contributed by atoms with Gasteiger partial charge in [0.2, 0.25) is 0 Å². The van der Waals surface area contributed by atoms with Crippen LogP contribution in [0.2, 0.25) is 0 Å². The van der Waals surface area contributed by atoms with E-state index in [1.54, 1.807) is 18.1 Å². The lowest BCUT2D eigenvalue weighted by Crippen LogP contribution is -2.33. The molecule has 1 aliphatic rings. The van der Waals surface area contributed by atoms with Gasteiger partial charge in [-0.2, -0.15) is 5.10 Å². The maximum absolute atomic E-state index is 4.61. The molecule has 0 spiro atoms. The Morgan fingerprint density at radius 1 is 1.25 bits per heavy atom. The summed E-state index contributed by atoms with van der Waals surface area (Å²) in [7, 11) is 0. The molecule has 0 aliphatic heterocycles. The Bertz CT molecular complexity index is 825. The van der Waals surface area contributed by atoms with E-state index in [9.17, 15) is 0 Å². The molecule has 1 fully saturated rings. The second-order valence-electron chi connectivity index (χ2n) is 6.25. The van der Waals surface area contributed by atoms with Gasteiger partial charge in [0.25, 0.3) is 0 Å². The average molecular weight is 339 g/mol. The fourth-order valence-electron chi connectivity index (χ4n) is 3.54. The lowest BCUT2D eigenvalue weighted by Gasteiger charge is -2.30. The van der Waals surface area contributed by atoms with Crippen LogP contribution in [-0.4, -0.2) is 32.5 Å². The van der Waals surface area contributed by atoms with Gasteiger partial charge in [-0.1, -0.05) is 25.0 Å². The fraction of sp³-hybridized carbons (Fsp3) is 0.389. The number of fused-ring (bicyclic) bond motifs is 1. The first kappa shape index (κ1) is 15.4. The third-order valence-electron chi connectivity index (χ3n) is 4.75. The number of rotatable bonds is 5. The molecule has 0 bridgehead atoms. The third kappa shape index (κ3) is 2.98. The number of aromatic amines is 1. The topological polar surface area (TPSA) is 57.7 Å². The van der Waals surface area contributed by atoms with Gasteiger partial charge in [0, 0.05) is 17.5 Å². The number of aromatic nitrogens is 4. The maximum atomic E-state index is 4.61. The first-order chi connectivity index (χ1) is 11.8. The quantitative estimate of drug-likeness (QED) is 0.711. The Balaban J connectivity index is 1.72. The molecule has 0 unspecified atom stereocenters. The van der Waals surface area contributed by atoms with Crippen molar-refractivity contribution in [3.05, 3.63) is 42.4 Å². The molecule has 2 heterocycles. The highest BCUT2D eigenvalue weighted by atomic mass is 32.2. The highest BCUT2D eigenvalue weighted by Gasteiger charge is 2.25. The molecule has 4 rings (SSSR count). The highest BCUT2D eigenvalue weighted by molar-refractivity contribution is 7.98. The van der Waals surface area contributed by atoms with Crippen LogP contribution in [0.15, 0.2) is 41.7 Å². The van der Waals surface area contributed by atoms with Crippen LogP contribution in [0.4, 0.5) is 5.82 Å². The van der Waals surface area contributed by atoms with Crippen molar-refractivity contribution in [2.75, 3.05) is 11.2 Å². The molecule has 1 N–H and O–H groups in total. The predicted octanol–water partition coefficient (Wildman–Crippen LogP) is 4.02. The van der Waals surface area contributed by atoms with E-state index in [4.69, 9.17) is 0 Å². The van der Waals surface area contributed by atoms with Crippen molar-refractivity contribution in [3.63, 3.8) is 0 Å². The molecule has 3 aromatic rings. The molecular weight excluding hydrogens is 318 g/mol. The molecule has 124 valence electrons. The Morgan fingerprint density at radius 2 is 2.12 bits per heavy atom. The van der Waals surface area contributed by atoms with Crippen molar-refractivity contribution < 1.29 is 0 Å². The van der Waals surface area contributed by atoms with Crippen molar-refractivity contribution >= 4 is 28.6 Å². The van der Waals surface area contributed by atoms with E-state index in [1.807, 2.05) is 6.20 Å². The summed E-state index contributed by atoms with van der Waals surface area (Å²) < 4.78 is 0. The Labute approximate surface area is 145 Å². The molecule has 1 aliphatic carbocycles. The summed E-state index contributed by atoms with van der Waals surface area (Å²) in [5.74, 6) is 0.996. The zero-order valence-corrected chi connectivity index (χ0v) is 14.6. The Hall–Kier alpha value is -2.08. The summed E-state index contributed by atoms with van der Waals surface area (Å²) in [6, 6.07) is 9.32. The van der Waals surface area contributed by atoms with Crippen LogP contribution in [0.3, 0.4) is 0 Å². The molecule has 5 nitrogen and oxygen atoms in total. The average Bonchev–Trinajstić information content (AvgIpc) is 3.31. The SMILES string of the molecule is CSc1cccc(CN(c2ncnc3[nH]ncc23)C2CCCC2)c1. The standard InChI is InChI=1S/C18H21N5S/c1-24-15-8-4-5-13(9-15)11-23(14-6-2-3-7-14)18-16-10-21-22-17(16)19-12-20-18/h4-5,8-10,12,14H,2-3,6-7,11H2,1H3,(H,19,20,21,22). The number of nitrogens with one attached hydrogen (secondary N) is 1. The van der Waals surface area contributed by atoms with Crippen molar-refractivity contribution in [1.82, 2.24) is 20.2 Å². The van der Waals surface area contributed by atoms with Gasteiger partial charge >= 0.3 is 0 Å². The van der Waals surface area contributed by atoms with Gasteiger partial charge in [-0.15, -0.1) is 11.8 Å². The summed E-state index contributed by atoms with van der Waals surface area (Å²) >= 11 is 1.78. The summed E-state index contributed by atoms with van der Waals surface area (Å²) in [4.78, 5) is 12.6. The minimum absolute atomic E-state index is 0.538. The molecule has 6 heteroatoms. The van der Waals surface area contributed by atoms with E-state index < -0.39 is 0 Å². The minimum Gasteiger partial charge on any atom is -0.349 e. The zero-order chi connectivity index (χ0) is 16.4. The van der Waals surface area contributed by atoms with Gasteiger partial charge in [-0.3, -0.25) is 5.10 Å². The fourth-order valence-corrected chi connectivity index (χ4v) is 4.03. The Morgan fingerprint density at radius 3 is 2.96 bits per heavy atom. The lowest BCUT2D eigenvalue weighted by atomic mass is 10.1. The maximum Gasteiger partial charge on any atom is 0.160 e. The van der Waals surface area contributed by atoms with Crippen molar-refractivity contribution in [3.8, 4) is 0 Å². The molecule has 0 radical (unpaired) electrons. The number of hydrogen-bond donors (Lipinski definition) is 1. The van der Waals surface area contributed by atoms with E-state index in [-0.39, 0.29) is 0 Å². The number of hydrogen-bond acceptors (Lipinski definition) is 5. The van der Waals surface area contributed by atoms with Crippen LogP contribution in [0.25, 0.3) is 11.0 Å². The van der Waals surface area contributed by atoms with Crippen molar-refractivity contribution in [2.24, 2.45) is 0 Å². The first-order valence-electron chi connectivity index (χ1n) is 8.39. The molecule has 0 atom stereocenters. The molecule has 0 amide bonds. The number of nitrogens with zero attached hydrogens (tertiary/aromatic N) is 4. The third-order valence-corrected chi connectivity index (χ3v) is 5.48.